The molecule has 1 aliphatic rings. The molecule has 1 aromatic rings. The Bertz CT molecular complexity index is 487. The quantitative estimate of drug-likeness (QED) is 0.756. The summed E-state index contributed by atoms with van der Waals surface area (Å²) in [5, 5.41) is 0. The fraction of sp³-hybridized carbons (Fsp3) is 0.636. The van der Waals surface area contributed by atoms with Crippen LogP contribution < -0.4 is 11.1 Å². The van der Waals surface area contributed by atoms with Crippen LogP contribution in [0.5, 0.6) is 0 Å². The standard InChI is InChI=1S/C11H16N2O3/c1-2-3-5-13-9-7-16-6-4-8(9)12-10(14)11(13)15/h2-7H2,1H3,(H,12,14). The summed E-state index contributed by atoms with van der Waals surface area (Å²) in [6.45, 7) is 3.69. The number of H-pyrrole nitrogens is 1. The van der Waals surface area contributed by atoms with E-state index in [1.807, 2.05) is 0 Å². The van der Waals surface area contributed by atoms with Crippen LogP contribution >= 0.6 is 0 Å². The molecule has 1 aromatic heterocycles. The first-order valence-corrected chi connectivity index (χ1v) is 5.66. The maximum absolute atomic E-state index is 11.7. The third-order valence-electron chi connectivity index (χ3n) is 2.85. The minimum absolute atomic E-state index is 0.422. The molecule has 0 atom stereocenters. The van der Waals surface area contributed by atoms with Crippen LogP contribution in [0, 0.1) is 0 Å². The minimum Gasteiger partial charge on any atom is -0.375 e. The number of rotatable bonds is 3. The Morgan fingerprint density at radius 1 is 1.44 bits per heavy atom. The lowest BCUT2D eigenvalue weighted by Gasteiger charge is -2.20. The van der Waals surface area contributed by atoms with Crippen molar-refractivity contribution in [1.82, 2.24) is 9.55 Å². The fourth-order valence-corrected chi connectivity index (χ4v) is 1.94. The lowest BCUT2D eigenvalue weighted by atomic mass is 10.2. The summed E-state index contributed by atoms with van der Waals surface area (Å²) >= 11 is 0. The molecule has 5 heteroatoms. The van der Waals surface area contributed by atoms with E-state index in [9.17, 15) is 9.59 Å². The summed E-state index contributed by atoms with van der Waals surface area (Å²) in [4.78, 5) is 25.8. The van der Waals surface area contributed by atoms with Gasteiger partial charge in [-0.3, -0.25) is 9.59 Å². The van der Waals surface area contributed by atoms with Gasteiger partial charge in [-0.15, -0.1) is 0 Å². The Balaban J connectivity index is 2.50. The van der Waals surface area contributed by atoms with Crippen molar-refractivity contribution < 1.29 is 4.74 Å². The highest BCUT2D eigenvalue weighted by molar-refractivity contribution is 5.14. The van der Waals surface area contributed by atoms with E-state index in [2.05, 4.69) is 11.9 Å². The van der Waals surface area contributed by atoms with Crippen LogP contribution in [-0.2, 0) is 24.3 Å². The average Bonchev–Trinajstić information content (AvgIpc) is 2.30. The summed E-state index contributed by atoms with van der Waals surface area (Å²) < 4.78 is 6.90. The lowest BCUT2D eigenvalue weighted by molar-refractivity contribution is 0.101. The Hall–Kier alpha value is -1.36. The molecule has 0 aromatic carbocycles. The number of fused-ring (bicyclic) bond motifs is 1. The second-order valence-corrected chi connectivity index (χ2v) is 3.99. The monoisotopic (exact) mass is 224 g/mol. The fourth-order valence-electron chi connectivity index (χ4n) is 1.94. The zero-order valence-electron chi connectivity index (χ0n) is 9.41. The maximum atomic E-state index is 11.7. The van der Waals surface area contributed by atoms with E-state index in [1.165, 1.54) is 0 Å². The van der Waals surface area contributed by atoms with Gasteiger partial charge < -0.3 is 14.3 Å². The Labute approximate surface area is 93.1 Å². The first-order valence-electron chi connectivity index (χ1n) is 5.66. The van der Waals surface area contributed by atoms with Crippen molar-refractivity contribution >= 4 is 0 Å². The highest BCUT2D eigenvalue weighted by atomic mass is 16.5. The molecule has 0 fully saturated rings. The van der Waals surface area contributed by atoms with E-state index in [0.717, 1.165) is 24.2 Å². The largest absolute Gasteiger partial charge is 0.375 e. The zero-order valence-corrected chi connectivity index (χ0v) is 9.41. The zero-order chi connectivity index (χ0) is 11.5. The van der Waals surface area contributed by atoms with Gasteiger partial charge in [0.2, 0.25) is 0 Å². The number of nitrogens with one attached hydrogen (secondary N) is 1. The minimum atomic E-state index is -0.517. The van der Waals surface area contributed by atoms with Gasteiger partial charge in [0, 0.05) is 18.7 Å². The molecule has 5 nitrogen and oxygen atoms in total. The molecule has 1 aliphatic heterocycles. The highest BCUT2D eigenvalue weighted by Crippen LogP contribution is 2.11. The lowest BCUT2D eigenvalue weighted by Crippen LogP contribution is -2.41. The first-order chi connectivity index (χ1) is 7.74. The van der Waals surface area contributed by atoms with E-state index >= 15 is 0 Å². The van der Waals surface area contributed by atoms with Crippen molar-refractivity contribution in [3.63, 3.8) is 0 Å². The molecule has 0 spiro atoms. The van der Waals surface area contributed by atoms with E-state index in [0.29, 0.717) is 26.2 Å². The van der Waals surface area contributed by atoms with Gasteiger partial charge in [0.15, 0.2) is 0 Å². The number of nitrogens with zero attached hydrogens (tertiary/aromatic N) is 1. The van der Waals surface area contributed by atoms with E-state index in [1.54, 1.807) is 4.57 Å². The summed E-state index contributed by atoms with van der Waals surface area (Å²) in [6.07, 6.45) is 2.57. The normalized spacial score (nSPS) is 14.8. The molecular weight excluding hydrogens is 208 g/mol. The molecule has 0 saturated heterocycles. The predicted molar refractivity (Wildman–Crippen MR) is 59.6 cm³/mol. The van der Waals surface area contributed by atoms with Crippen molar-refractivity contribution in [1.29, 1.82) is 0 Å². The van der Waals surface area contributed by atoms with Crippen molar-refractivity contribution in [2.45, 2.75) is 39.3 Å². The van der Waals surface area contributed by atoms with Crippen LogP contribution in [0.15, 0.2) is 9.59 Å². The van der Waals surface area contributed by atoms with E-state index in [4.69, 9.17) is 4.74 Å². The first kappa shape index (κ1) is 11.1. The summed E-state index contributed by atoms with van der Waals surface area (Å²) in [6, 6.07) is 0. The van der Waals surface area contributed by atoms with Gasteiger partial charge in [-0.25, -0.2) is 0 Å². The van der Waals surface area contributed by atoms with Crippen molar-refractivity contribution in [3.05, 3.63) is 32.1 Å². The predicted octanol–water partition coefficient (Wildman–Crippen LogP) is 0.409. The third kappa shape index (κ3) is 1.95. The van der Waals surface area contributed by atoms with E-state index < -0.39 is 11.1 Å². The van der Waals surface area contributed by atoms with Gasteiger partial charge in [0.1, 0.15) is 0 Å². The Kier molecular flexibility index (Phi) is 3.24. The van der Waals surface area contributed by atoms with Crippen molar-refractivity contribution in [2.24, 2.45) is 0 Å². The number of hydrogen-bond donors (Lipinski definition) is 1. The molecule has 0 unspecified atom stereocenters. The molecule has 0 bridgehead atoms. The third-order valence-corrected chi connectivity index (χ3v) is 2.85. The Morgan fingerprint density at radius 3 is 3.00 bits per heavy atom. The number of aromatic nitrogens is 2. The highest BCUT2D eigenvalue weighted by Gasteiger charge is 2.16. The summed E-state index contributed by atoms with van der Waals surface area (Å²) in [7, 11) is 0. The van der Waals surface area contributed by atoms with Gasteiger partial charge in [-0.2, -0.15) is 0 Å². The molecule has 0 aliphatic carbocycles. The second-order valence-electron chi connectivity index (χ2n) is 3.99. The van der Waals surface area contributed by atoms with Gasteiger partial charge in [0.25, 0.3) is 0 Å². The number of hydrogen-bond acceptors (Lipinski definition) is 3. The summed E-state index contributed by atoms with van der Waals surface area (Å²) in [5.41, 5.74) is 0.714. The Morgan fingerprint density at radius 2 is 2.25 bits per heavy atom. The SMILES string of the molecule is CCCCn1c2c([nH]c(=O)c1=O)CCOC2. The van der Waals surface area contributed by atoms with Gasteiger partial charge in [-0.05, 0) is 6.42 Å². The summed E-state index contributed by atoms with van der Waals surface area (Å²) in [5.74, 6) is 0. The van der Waals surface area contributed by atoms with Crippen molar-refractivity contribution in [2.75, 3.05) is 6.61 Å². The number of ether oxygens (including phenoxy) is 1. The van der Waals surface area contributed by atoms with Gasteiger partial charge in [0.05, 0.1) is 18.9 Å². The van der Waals surface area contributed by atoms with Gasteiger partial charge in [-0.1, -0.05) is 13.3 Å². The average molecular weight is 224 g/mol. The molecule has 88 valence electrons. The second kappa shape index (κ2) is 4.65. The molecule has 0 amide bonds. The van der Waals surface area contributed by atoms with Crippen LogP contribution in [0.1, 0.15) is 31.2 Å². The van der Waals surface area contributed by atoms with Crippen molar-refractivity contribution in [3.8, 4) is 0 Å². The molecule has 0 saturated carbocycles. The van der Waals surface area contributed by atoms with E-state index in [-0.39, 0.29) is 0 Å². The number of unbranched alkanes of at least 4 members (excludes halogenated alkanes) is 1. The molecule has 1 N–H and O–H groups in total. The molecule has 16 heavy (non-hydrogen) atoms. The van der Waals surface area contributed by atoms with Gasteiger partial charge >= 0.3 is 11.1 Å². The molecule has 2 heterocycles. The molecular formula is C11H16N2O3. The maximum Gasteiger partial charge on any atom is 0.316 e. The van der Waals surface area contributed by atoms with Crippen LogP contribution in [0.25, 0.3) is 0 Å². The topological polar surface area (TPSA) is 64.1 Å². The number of aromatic amines is 1. The van der Waals surface area contributed by atoms with Crippen LogP contribution in [0.4, 0.5) is 0 Å². The smallest absolute Gasteiger partial charge is 0.316 e. The van der Waals surface area contributed by atoms with Crippen LogP contribution in [0.3, 0.4) is 0 Å². The van der Waals surface area contributed by atoms with Crippen LogP contribution in [-0.4, -0.2) is 16.2 Å². The molecule has 0 radical (unpaired) electrons. The molecule has 2 rings (SSSR count). The van der Waals surface area contributed by atoms with Crippen LogP contribution in [0.2, 0.25) is 0 Å².